The van der Waals surface area contributed by atoms with E-state index in [0.717, 1.165) is 11.2 Å². The molecule has 1 fully saturated rings. The lowest BCUT2D eigenvalue weighted by atomic mass is 10.2. The van der Waals surface area contributed by atoms with Crippen molar-refractivity contribution in [2.75, 3.05) is 12.3 Å². The molecule has 1 aromatic heterocycles. The number of carboxylic acid groups (broad SMARTS) is 1. The zero-order valence-electron chi connectivity index (χ0n) is 10.8. The first kappa shape index (κ1) is 15.5. The van der Waals surface area contributed by atoms with Gasteiger partial charge in [0.25, 0.3) is 0 Å². The summed E-state index contributed by atoms with van der Waals surface area (Å²) in [5, 5.41) is 8.83. The molecule has 0 bridgehead atoms. The van der Waals surface area contributed by atoms with Crippen LogP contribution < -0.4 is 0 Å². The van der Waals surface area contributed by atoms with Gasteiger partial charge < -0.3 is 9.90 Å². The summed E-state index contributed by atoms with van der Waals surface area (Å²) in [5.74, 6) is -0.686. The molecule has 2 rings (SSSR count). The van der Waals surface area contributed by atoms with Crippen molar-refractivity contribution in [3.63, 3.8) is 0 Å². The minimum absolute atomic E-state index is 0.249. The largest absolute Gasteiger partial charge is 0.477 e. The Morgan fingerprint density at radius 2 is 2.25 bits per heavy atom. The normalized spacial score (nSPS) is 23.6. The molecule has 1 aliphatic rings. The van der Waals surface area contributed by atoms with E-state index in [1.807, 2.05) is 0 Å². The number of aldehydes is 1. The third kappa shape index (κ3) is 3.39. The van der Waals surface area contributed by atoms with Crippen molar-refractivity contribution >= 4 is 34.4 Å². The highest BCUT2D eigenvalue weighted by molar-refractivity contribution is 8.22. The SMILES string of the molecule is O=CC1CCS(O)(O)N1CCCc1ccc(C(=O)O)s1. The Morgan fingerprint density at radius 3 is 2.85 bits per heavy atom. The van der Waals surface area contributed by atoms with Crippen LogP contribution in [-0.4, -0.2) is 49.1 Å². The standard InChI is InChI=1S/C12H17NO5S2/c14-8-9-5-7-20(17,18)13(9)6-1-2-10-3-4-11(19-10)12(15)16/h3-4,8-9,17-18H,1-2,5-7H2,(H,15,16). The molecule has 1 saturated heterocycles. The first-order valence-electron chi connectivity index (χ1n) is 6.24. The highest BCUT2D eigenvalue weighted by atomic mass is 32.3. The van der Waals surface area contributed by atoms with Crippen LogP contribution >= 0.6 is 22.1 Å². The van der Waals surface area contributed by atoms with Crippen LogP contribution in [0.4, 0.5) is 0 Å². The monoisotopic (exact) mass is 319 g/mol. The van der Waals surface area contributed by atoms with Crippen molar-refractivity contribution in [3.8, 4) is 0 Å². The van der Waals surface area contributed by atoms with Crippen LogP contribution in [-0.2, 0) is 11.2 Å². The molecule has 1 aliphatic heterocycles. The minimum Gasteiger partial charge on any atom is -0.477 e. The highest BCUT2D eigenvalue weighted by Gasteiger charge is 2.36. The molecule has 20 heavy (non-hydrogen) atoms. The molecule has 0 aliphatic carbocycles. The van der Waals surface area contributed by atoms with Gasteiger partial charge in [0, 0.05) is 11.4 Å². The maximum atomic E-state index is 10.9. The van der Waals surface area contributed by atoms with E-state index in [-0.39, 0.29) is 5.75 Å². The number of thiophene rings is 1. The van der Waals surface area contributed by atoms with Crippen LogP contribution in [0.2, 0.25) is 0 Å². The zero-order valence-corrected chi connectivity index (χ0v) is 12.4. The predicted molar refractivity (Wildman–Crippen MR) is 78.5 cm³/mol. The summed E-state index contributed by atoms with van der Waals surface area (Å²) in [6.45, 7) is 0.423. The second kappa shape index (κ2) is 6.23. The van der Waals surface area contributed by atoms with Gasteiger partial charge in [0.1, 0.15) is 11.2 Å². The van der Waals surface area contributed by atoms with E-state index in [4.69, 9.17) is 5.11 Å². The summed E-state index contributed by atoms with van der Waals surface area (Å²) in [5.41, 5.74) is 0. The second-order valence-electron chi connectivity index (χ2n) is 4.64. The topological polar surface area (TPSA) is 98.1 Å². The molecule has 0 spiro atoms. The smallest absolute Gasteiger partial charge is 0.345 e. The molecule has 1 unspecified atom stereocenters. The minimum atomic E-state index is -2.80. The van der Waals surface area contributed by atoms with Crippen molar-refractivity contribution in [2.24, 2.45) is 0 Å². The molecule has 0 saturated carbocycles. The van der Waals surface area contributed by atoms with Gasteiger partial charge in [0.15, 0.2) is 0 Å². The fourth-order valence-electron chi connectivity index (χ4n) is 2.24. The van der Waals surface area contributed by atoms with Crippen molar-refractivity contribution in [1.82, 2.24) is 4.31 Å². The van der Waals surface area contributed by atoms with E-state index in [0.29, 0.717) is 30.7 Å². The predicted octanol–water partition coefficient (Wildman–Crippen LogP) is 2.32. The summed E-state index contributed by atoms with van der Waals surface area (Å²) in [6, 6.07) is 2.92. The van der Waals surface area contributed by atoms with E-state index in [9.17, 15) is 18.7 Å². The van der Waals surface area contributed by atoms with Crippen LogP contribution in [0.3, 0.4) is 0 Å². The molecular weight excluding hydrogens is 302 g/mol. The zero-order chi connectivity index (χ0) is 14.8. The molecule has 0 aromatic carbocycles. The quantitative estimate of drug-likeness (QED) is 0.696. The number of rotatable bonds is 6. The van der Waals surface area contributed by atoms with Gasteiger partial charge in [0.2, 0.25) is 0 Å². The van der Waals surface area contributed by atoms with Gasteiger partial charge in [-0.3, -0.25) is 9.11 Å². The third-order valence-corrected chi connectivity index (χ3v) is 6.39. The van der Waals surface area contributed by atoms with Crippen LogP contribution in [0.25, 0.3) is 0 Å². The number of carboxylic acids is 1. The van der Waals surface area contributed by atoms with Gasteiger partial charge in [-0.2, -0.15) is 4.31 Å². The molecule has 6 nitrogen and oxygen atoms in total. The molecular formula is C12H17NO5S2. The molecule has 0 radical (unpaired) electrons. The second-order valence-corrected chi connectivity index (χ2v) is 7.95. The van der Waals surface area contributed by atoms with Gasteiger partial charge in [-0.1, -0.05) is 0 Å². The van der Waals surface area contributed by atoms with Crippen molar-refractivity contribution in [1.29, 1.82) is 0 Å². The fraction of sp³-hybridized carbons (Fsp3) is 0.500. The molecule has 1 atom stereocenters. The lowest BCUT2D eigenvalue weighted by Crippen LogP contribution is -2.33. The first-order valence-corrected chi connectivity index (χ1v) is 8.73. The van der Waals surface area contributed by atoms with Crippen molar-refractivity contribution < 1.29 is 23.8 Å². The Labute approximate surface area is 122 Å². The number of hydrogen-bond donors (Lipinski definition) is 3. The molecule has 3 N–H and O–H groups in total. The first-order chi connectivity index (χ1) is 9.44. The van der Waals surface area contributed by atoms with E-state index >= 15 is 0 Å². The lowest BCUT2D eigenvalue weighted by Gasteiger charge is -2.38. The Kier molecular flexibility index (Phi) is 4.82. The van der Waals surface area contributed by atoms with E-state index in [1.54, 1.807) is 12.1 Å². The fourth-order valence-corrected chi connectivity index (χ4v) is 4.93. The summed E-state index contributed by atoms with van der Waals surface area (Å²) >= 11 is 1.22. The van der Waals surface area contributed by atoms with Gasteiger partial charge in [-0.15, -0.1) is 22.1 Å². The maximum Gasteiger partial charge on any atom is 0.345 e. The van der Waals surface area contributed by atoms with Crippen LogP contribution in [0.15, 0.2) is 12.1 Å². The number of aromatic carboxylic acids is 1. The number of nitrogens with zero attached hydrogens (tertiary/aromatic N) is 1. The summed E-state index contributed by atoms with van der Waals surface area (Å²) < 4.78 is 21.2. The summed E-state index contributed by atoms with van der Waals surface area (Å²) in [7, 11) is -2.80. The number of carbonyl (C=O) groups is 2. The highest BCUT2D eigenvalue weighted by Crippen LogP contribution is 2.50. The molecule has 8 heteroatoms. The lowest BCUT2D eigenvalue weighted by molar-refractivity contribution is -0.110. The van der Waals surface area contributed by atoms with Crippen LogP contribution in [0.1, 0.15) is 27.4 Å². The Bertz CT molecular complexity index is 502. The van der Waals surface area contributed by atoms with Crippen LogP contribution in [0.5, 0.6) is 0 Å². The average molecular weight is 319 g/mol. The number of carbonyl (C=O) groups excluding carboxylic acids is 1. The summed E-state index contributed by atoms with van der Waals surface area (Å²) in [6.07, 6.45) is 2.55. The van der Waals surface area contributed by atoms with Crippen molar-refractivity contribution in [2.45, 2.75) is 25.3 Å². The van der Waals surface area contributed by atoms with Crippen molar-refractivity contribution in [3.05, 3.63) is 21.9 Å². The molecule has 1 aromatic rings. The van der Waals surface area contributed by atoms with Crippen LogP contribution in [0, 0.1) is 0 Å². The van der Waals surface area contributed by atoms with E-state index < -0.39 is 22.8 Å². The molecule has 112 valence electrons. The van der Waals surface area contributed by atoms with E-state index in [1.165, 1.54) is 15.6 Å². The summed E-state index contributed by atoms with van der Waals surface area (Å²) in [4.78, 5) is 22.9. The maximum absolute atomic E-state index is 10.9. The Balaban J connectivity index is 1.88. The van der Waals surface area contributed by atoms with Gasteiger partial charge >= 0.3 is 5.97 Å². The van der Waals surface area contributed by atoms with E-state index in [2.05, 4.69) is 0 Å². The number of hydrogen-bond acceptors (Lipinski definition) is 6. The average Bonchev–Trinajstić information content (AvgIpc) is 2.95. The molecule has 2 heterocycles. The van der Waals surface area contributed by atoms with Gasteiger partial charge in [0.05, 0.1) is 11.8 Å². The third-order valence-electron chi connectivity index (χ3n) is 3.26. The molecule has 0 amide bonds. The Hall–Kier alpha value is -0.930. The Morgan fingerprint density at radius 1 is 1.50 bits per heavy atom. The van der Waals surface area contributed by atoms with Gasteiger partial charge in [-0.25, -0.2) is 4.79 Å². The number of aryl methyl sites for hydroxylation is 1. The van der Waals surface area contributed by atoms with Gasteiger partial charge in [-0.05, 0) is 31.4 Å².